The van der Waals surface area contributed by atoms with Gasteiger partial charge in [-0.2, -0.15) is 0 Å². The first-order valence-electron chi connectivity index (χ1n) is 4.54. The molecule has 0 aromatic heterocycles. The van der Waals surface area contributed by atoms with Gasteiger partial charge in [-0.05, 0) is 26.7 Å². The summed E-state index contributed by atoms with van der Waals surface area (Å²) in [6.45, 7) is 4.17. The summed E-state index contributed by atoms with van der Waals surface area (Å²) in [6.07, 6.45) is 2.85. The summed E-state index contributed by atoms with van der Waals surface area (Å²) in [5.74, 6) is -0.130. The van der Waals surface area contributed by atoms with E-state index in [9.17, 15) is 4.79 Å². The van der Waals surface area contributed by atoms with Crippen molar-refractivity contribution in [2.75, 3.05) is 6.61 Å². The van der Waals surface area contributed by atoms with E-state index in [1.807, 2.05) is 13.8 Å². The molecular formula is C9H17NO2. The monoisotopic (exact) mass is 171 g/mol. The van der Waals surface area contributed by atoms with E-state index in [1.54, 1.807) is 0 Å². The van der Waals surface area contributed by atoms with Crippen LogP contribution in [0.25, 0.3) is 0 Å². The molecule has 1 saturated carbocycles. The predicted molar refractivity (Wildman–Crippen MR) is 46.6 cm³/mol. The number of rotatable bonds is 2. The van der Waals surface area contributed by atoms with Crippen molar-refractivity contribution in [3.63, 3.8) is 0 Å². The van der Waals surface area contributed by atoms with Gasteiger partial charge in [-0.25, -0.2) is 0 Å². The Bertz CT molecular complexity index is 181. The van der Waals surface area contributed by atoms with Crippen molar-refractivity contribution in [3.8, 4) is 0 Å². The third kappa shape index (κ3) is 1.46. The Morgan fingerprint density at radius 2 is 2.42 bits per heavy atom. The molecular weight excluding hydrogens is 154 g/mol. The zero-order valence-electron chi connectivity index (χ0n) is 7.80. The average molecular weight is 171 g/mol. The molecule has 2 N–H and O–H groups in total. The Labute approximate surface area is 73.3 Å². The molecule has 1 aliphatic carbocycles. The van der Waals surface area contributed by atoms with E-state index in [2.05, 4.69) is 0 Å². The number of carbonyl (C=O) groups excluding carboxylic acids is 1. The second-order valence-electron chi connectivity index (χ2n) is 3.64. The summed E-state index contributed by atoms with van der Waals surface area (Å²) in [5, 5.41) is 0. The summed E-state index contributed by atoms with van der Waals surface area (Å²) in [5.41, 5.74) is 5.42. The van der Waals surface area contributed by atoms with Crippen LogP contribution in [0.2, 0.25) is 0 Å². The van der Waals surface area contributed by atoms with Gasteiger partial charge in [0.25, 0.3) is 0 Å². The van der Waals surface area contributed by atoms with E-state index < -0.39 is 5.41 Å². The van der Waals surface area contributed by atoms with Crippen molar-refractivity contribution in [3.05, 3.63) is 0 Å². The van der Waals surface area contributed by atoms with Crippen molar-refractivity contribution in [2.24, 2.45) is 11.1 Å². The van der Waals surface area contributed by atoms with E-state index in [4.69, 9.17) is 10.5 Å². The molecule has 0 amide bonds. The molecule has 12 heavy (non-hydrogen) atoms. The number of esters is 1. The van der Waals surface area contributed by atoms with Crippen LogP contribution in [0.4, 0.5) is 0 Å². The van der Waals surface area contributed by atoms with Gasteiger partial charge in [0.1, 0.15) is 0 Å². The van der Waals surface area contributed by atoms with Gasteiger partial charge in [0.05, 0.1) is 12.0 Å². The minimum Gasteiger partial charge on any atom is -0.466 e. The fourth-order valence-corrected chi connectivity index (χ4v) is 1.74. The third-order valence-electron chi connectivity index (χ3n) is 2.77. The van der Waals surface area contributed by atoms with Gasteiger partial charge in [0, 0.05) is 6.04 Å². The van der Waals surface area contributed by atoms with E-state index in [0.717, 1.165) is 19.3 Å². The smallest absolute Gasteiger partial charge is 0.313 e. The van der Waals surface area contributed by atoms with Crippen LogP contribution in [0.15, 0.2) is 0 Å². The fourth-order valence-electron chi connectivity index (χ4n) is 1.74. The molecule has 0 bridgehead atoms. The maximum atomic E-state index is 11.5. The molecule has 0 unspecified atom stereocenters. The number of hydrogen-bond acceptors (Lipinski definition) is 3. The molecule has 0 radical (unpaired) electrons. The molecule has 0 aromatic rings. The topological polar surface area (TPSA) is 52.3 Å². The van der Waals surface area contributed by atoms with E-state index in [1.165, 1.54) is 0 Å². The highest BCUT2D eigenvalue weighted by Crippen LogP contribution is 2.37. The molecule has 0 aromatic carbocycles. The largest absolute Gasteiger partial charge is 0.466 e. The zero-order valence-corrected chi connectivity index (χ0v) is 7.80. The number of ether oxygens (including phenoxy) is 1. The second-order valence-corrected chi connectivity index (χ2v) is 3.64. The molecule has 0 spiro atoms. The number of hydrogen-bond donors (Lipinski definition) is 1. The maximum absolute atomic E-state index is 11.5. The van der Waals surface area contributed by atoms with Gasteiger partial charge in [-0.15, -0.1) is 0 Å². The SMILES string of the molecule is CCOC(=O)[C@@]1(C)CCC[C@@H]1N. The highest BCUT2D eigenvalue weighted by Gasteiger charge is 2.44. The standard InChI is InChI=1S/C9H17NO2/c1-3-12-8(11)9(2)6-4-5-7(9)10/h7H,3-6,10H2,1-2H3/t7-,9-/m0/s1. The average Bonchev–Trinajstić information content (AvgIpc) is 2.34. The molecule has 1 aliphatic rings. The van der Waals surface area contributed by atoms with Crippen molar-refractivity contribution in [1.82, 2.24) is 0 Å². The van der Waals surface area contributed by atoms with Gasteiger partial charge < -0.3 is 10.5 Å². The first-order chi connectivity index (χ1) is 5.61. The van der Waals surface area contributed by atoms with Gasteiger partial charge in [0.15, 0.2) is 0 Å². The number of nitrogens with two attached hydrogens (primary N) is 1. The zero-order chi connectivity index (χ0) is 9.19. The minimum atomic E-state index is -0.421. The highest BCUT2D eigenvalue weighted by molar-refractivity contribution is 5.77. The molecule has 3 heteroatoms. The molecule has 0 aliphatic heterocycles. The summed E-state index contributed by atoms with van der Waals surface area (Å²) in [6, 6.07) is -0.0171. The molecule has 1 fully saturated rings. The Balaban J connectivity index is 2.63. The number of carbonyl (C=O) groups is 1. The third-order valence-corrected chi connectivity index (χ3v) is 2.77. The van der Waals surface area contributed by atoms with Gasteiger partial charge in [0.2, 0.25) is 0 Å². The molecule has 70 valence electrons. The van der Waals surface area contributed by atoms with Crippen molar-refractivity contribution in [1.29, 1.82) is 0 Å². The maximum Gasteiger partial charge on any atom is 0.313 e. The first-order valence-corrected chi connectivity index (χ1v) is 4.54. The molecule has 0 heterocycles. The molecule has 0 saturated heterocycles. The van der Waals surface area contributed by atoms with Crippen LogP contribution in [0.3, 0.4) is 0 Å². The summed E-state index contributed by atoms with van der Waals surface area (Å²) < 4.78 is 4.98. The fraction of sp³-hybridized carbons (Fsp3) is 0.889. The van der Waals surface area contributed by atoms with Crippen molar-refractivity contribution in [2.45, 2.75) is 39.2 Å². The summed E-state index contributed by atoms with van der Waals surface area (Å²) in [4.78, 5) is 11.5. The molecule has 3 nitrogen and oxygen atoms in total. The lowest BCUT2D eigenvalue weighted by Gasteiger charge is -2.25. The molecule has 2 atom stereocenters. The minimum absolute atomic E-state index is 0.0171. The Kier molecular flexibility index (Phi) is 2.73. The lowest BCUT2D eigenvalue weighted by molar-refractivity contribution is -0.154. The van der Waals surface area contributed by atoms with Crippen LogP contribution >= 0.6 is 0 Å². The van der Waals surface area contributed by atoms with E-state index in [0.29, 0.717) is 6.61 Å². The van der Waals surface area contributed by atoms with Gasteiger partial charge in [-0.3, -0.25) is 4.79 Å². The Morgan fingerprint density at radius 1 is 1.75 bits per heavy atom. The summed E-state index contributed by atoms with van der Waals surface area (Å²) >= 11 is 0. The molecule has 1 rings (SSSR count). The van der Waals surface area contributed by atoms with Crippen molar-refractivity contribution >= 4 is 5.97 Å². The normalized spacial score (nSPS) is 35.1. The van der Waals surface area contributed by atoms with Gasteiger partial charge in [-0.1, -0.05) is 6.42 Å². The van der Waals surface area contributed by atoms with E-state index >= 15 is 0 Å². The Morgan fingerprint density at radius 3 is 2.83 bits per heavy atom. The predicted octanol–water partition coefficient (Wildman–Crippen LogP) is 1.07. The van der Waals surface area contributed by atoms with Crippen LogP contribution in [0.1, 0.15) is 33.1 Å². The first kappa shape index (κ1) is 9.52. The van der Waals surface area contributed by atoms with Crippen molar-refractivity contribution < 1.29 is 9.53 Å². The highest BCUT2D eigenvalue weighted by atomic mass is 16.5. The lowest BCUT2D eigenvalue weighted by Crippen LogP contribution is -2.42. The van der Waals surface area contributed by atoms with Crippen LogP contribution in [-0.4, -0.2) is 18.6 Å². The van der Waals surface area contributed by atoms with Gasteiger partial charge >= 0.3 is 5.97 Å². The lowest BCUT2D eigenvalue weighted by atomic mass is 9.85. The Hall–Kier alpha value is -0.570. The quantitative estimate of drug-likeness (QED) is 0.632. The van der Waals surface area contributed by atoms with Crippen LogP contribution in [0.5, 0.6) is 0 Å². The summed E-state index contributed by atoms with van der Waals surface area (Å²) in [7, 11) is 0. The van der Waals surface area contributed by atoms with Crippen LogP contribution in [-0.2, 0) is 9.53 Å². The van der Waals surface area contributed by atoms with Crippen LogP contribution in [0, 0.1) is 5.41 Å². The van der Waals surface area contributed by atoms with Crippen LogP contribution < -0.4 is 5.73 Å². The second kappa shape index (κ2) is 3.44. The van der Waals surface area contributed by atoms with E-state index in [-0.39, 0.29) is 12.0 Å².